The van der Waals surface area contributed by atoms with Gasteiger partial charge >= 0.3 is 18.2 Å². The lowest BCUT2D eigenvalue weighted by atomic mass is 10.0. The van der Waals surface area contributed by atoms with Crippen LogP contribution in [0.25, 0.3) is 10.9 Å². The number of methoxy groups -OCH3 is 1. The molecule has 0 spiro atoms. The zero-order valence-electron chi connectivity index (χ0n) is 24.5. The average molecular weight is 581 g/mol. The molecule has 0 aliphatic rings. The SMILES string of the molecule is COC(=O)[C@H](CCCCNC(=O)OC(C)(C)C)NC(=O)[C@@H](Cc1c[nH]c2ccccc12)NC(=O)OCc1ccccc1. The maximum atomic E-state index is 13.5. The molecule has 4 N–H and O–H groups in total. The van der Waals surface area contributed by atoms with Crippen LogP contribution in [0, 0.1) is 0 Å². The third-order valence-electron chi connectivity index (χ3n) is 6.31. The fourth-order valence-corrected chi connectivity index (χ4v) is 4.28. The number of ether oxygens (including phenoxy) is 3. The van der Waals surface area contributed by atoms with Crippen LogP contribution in [0.3, 0.4) is 0 Å². The molecule has 0 saturated heterocycles. The fraction of sp³-hybridized carbons (Fsp3) is 0.419. The molecule has 0 unspecified atom stereocenters. The van der Waals surface area contributed by atoms with Crippen molar-refractivity contribution in [2.45, 2.75) is 70.7 Å². The summed E-state index contributed by atoms with van der Waals surface area (Å²) in [5.41, 5.74) is 1.91. The second kappa shape index (κ2) is 15.5. The Bertz CT molecular complexity index is 1330. The highest BCUT2D eigenvalue weighted by Gasteiger charge is 2.28. The normalized spacial score (nSPS) is 12.6. The highest BCUT2D eigenvalue weighted by atomic mass is 16.6. The summed E-state index contributed by atoms with van der Waals surface area (Å²) >= 11 is 0. The van der Waals surface area contributed by atoms with Crippen LogP contribution in [0.5, 0.6) is 0 Å². The van der Waals surface area contributed by atoms with Gasteiger partial charge in [0, 0.05) is 30.1 Å². The predicted molar refractivity (Wildman–Crippen MR) is 158 cm³/mol. The van der Waals surface area contributed by atoms with Crippen LogP contribution in [0.15, 0.2) is 60.8 Å². The zero-order valence-corrected chi connectivity index (χ0v) is 24.5. The molecule has 42 heavy (non-hydrogen) atoms. The van der Waals surface area contributed by atoms with Crippen molar-refractivity contribution in [3.8, 4) is 0 Å². The molecule has 2 atom stereocenters. The van der Waals surface area contributed by atoms with Gasteiger partial charge in [-0.15, -0.1) is 0 Å². The van der Waals surface area contributed by atoms with Gasteiger partial charge in [-0.2, -0.15) is 0 Å². The van der Waals surface area contributed by atoms with E-state index in [1.807, 2.05) is 54.6 Å². The van der Waals surface area contributed by atoms with E-state index in [0.717, 1.165) is 22.0 Å². The maximum absolute atomic E-state index is 13.5. The van der Waals surface area contributed by atoms with Gasteiger partial charge in [0.1, 0.15) is 24.3 Å². The summed E-state index contributed by atoms with van der Waals surface area (Å²) in [6.45, 7) is 5.71. The first kappa shape index (κ1) is 32.0. The second-order valence-corrected chi connectivity index (χ2v) is 10.8. The Morgan fingerprint density at radius 2 is 1.60 bits per heavy atom. The number of hydrogen-bond donors (Lipinski definition) is 4. The molecule has 3 aromatic rings. The van der Waals surface area contributed by atoms with Crippen LogP contribution in [-0.4, -0.2) is 60.4 Å². The van der Waals surface area contributed by atoms with Crippen molar-refractivity contribution < 1.29 is 33.4 Å². The molecule has 0 saturated carbocycles. The first-order valence-corrected chi connectivity index (χ1v) is 13.9. The summed E-state index contributed by atoms with van der Waals surface area (Å²) in [6.07, 6.45) is 1.99. The summed E-state index contributed by atoms with van der Waals surface area (Å²) in [7, 11) is 1.24. The van der Waals surface area contributed by atoms with Gasteiger partial charge in [-0.3, -0.25) is 4.79 Å². The number of benzene rings is 2. The number of nitrogens with one attached hydrogen (secondary N) is 4. The number of unbranched alkanes of at least 4 members (excludes halogenated alkanes) is 1. The summed E-state index contributed by atoms with van der Waals surface area (Å²) < 4.78 is 15.5. The molecule has 1 aromatic heterocycles. The van der Waals surface area contributed by atoms with Gasteiger partial charge < -0.3 is 35.1 Å². The molecule has 3 amide bonds. The van der Waals surface area contributed by atoms with Crippen molar-refractivity contribution in [1.82, 2.24) is 20.9 Å². The number of alkyl carbamates (subject to hydrolysis) is 2. The molecule has 0 bridgehead atoms. The van der Waals surface area contributed by atoms with Crippen molar-refractivity contribution in [2.24, 2.45) is 0 Å². The van der Waals surface area contributed by atoms with Crippen LogP contribution < -0.4 is 16.0 Å². The lowest BCUT2D eigenvalue weighted by molar-refractivity contribution is -0.145. The topological polar surface area (TPSA) is 148 Å². The zero-order chi connectivity index (χ0) is 30.5. The van der Waals surface area contributed by atoms with Crippen LogP contribution in [-0.2, 0) is 36.8 Å². The molecule has 226 valence electrons. The maximum Gasteiger partial charge on any atom is 0.408 e. The largest absolute Gasteiger partial charge is 0.467 e. The Hall–Kier alpha value is -4.54. The first-order valence-electron chi connectivity index (χ1n) is 13.9. The Balaban J connectivity index is 1.64. The quantitative estimate of drug-likeness (QED) is 0.133. The molecule has 0 aliphatic carbocycles. The summed E-state index contributed by atoms with van der Waals surface area (Å²) in [4.78, 5) is 53.8. The Labute approximate surface area is 245 Å². The van der Waals surface area contributed by atoms with Crippen LogP contribution >= 0.6 is 0 Å². The van der Waals surface area contributed by atoms with E-state index in [0.29, 0.717) is 19.4 Å². The molecule has 2 aromatic carbocycles. The summed E-state index contributed by atoms with van der Waals surface area (Å²) in [5.74, 6) is -1.17. The number of H-pyrrole nitrogens is 1. The Morgan fingerprint density at radius 3 is 2.31 bits per heavy atom. The minimum Gasteiger partial charge on any atom is -0.467 e. The van der Waals surface area contributed by atoms with Crippen LogP contribution in [0.2, 0.25) is 0 Å². The number of para-hydroxylation sites is 1. The average Bonchev–Trinajstić information content (AvgIpc) is 3.36. The number of carbonyl (C=O) groups excluding carboxylic acids is 4. The predicted octanol–water partition coefficient (Wildman–Crippen LogP) is 4.36. The molecular formula is C31H40N4O7. The second-order valence-electron chi connectivity index (χ2n) is 10.8. The van der Waals surface area contributed by atoms with Gasteiger partial charge in [-0.05, 0) is 57.2 Å². The van der Waals surface area contributed by atoms with E-state index in [-0.39, 0.29) is 19.4 Å². The molecular weight excluding hydrogens is 540 g/mol. The van der Waals surface area contributed by atoms with Gasteiger partial charge in [0.2, 0.25) is 5.91 Å². The lowest BCUT2D eigenvalue weighted by Gasteiger charge is -2.22. The number of rotatable bonds is 13. The standard InChI is InChI=1S/C31H40N4O7/c1-31(2,3)42-29(38)32-17-11-10-16-25(28(37)40-4)34-27(36)26(18-22-19-33-24-15-9-8-14-23(22)24)35-30(39)41-20-21-12-6-5-7-13-21/h5-9,12-15,19,25-26,33H,10-11,16-18,20H2,1-4H3,(H,32,38)(H,34,36)(H,35,39)/t25-,26+/m0/s1. The highest BCUT2D eigenvalue weighted by Crippen LogP contribution is 2.19. The Kier molecular flexibility index (Phi) is 11.8. The van der Waals surface area contributed by atoms with E-state index in [1.54, 1.807) is 27.0 Å². The van der Waals surface area contributed by atoms with E-state index >= 15 is 0 Å². The van der Waals surface area contributed by atoms with E-state index in [9.17, 15) is 19.2 Å². The van der Waals surface area contributed by atoms with E-state index in [1.165, 1.54) is 7.11 Å². The van der Waals surface area contributed by atoms with Crippen molar-refractivity contribution in [3.63, 3.8) is 0 Å². The monoisotopic (exact) mass is 580 g/mol. The molecule has 3 rings (SSSR count). The van der Waals surface area contributed by atoms with Crippen molar-refractivity contribution in [3.05, 3.63) is 71.9 Å². The van der Waals surface area contributed by atoms with Gasteiger partial charge in [-0.25, -0.2) is 14.4 Å². The fourth-order valence-electron chi connectivity index (χ4n) is 4.28. The minimum absolute atomic E-state index is 0.0379. The molecule has 0 radical (unpaired) electrons. The number of aromatic nitrogens is 1. The number of fused-ring (bicyclic) bond motifs is 1. The first-order chi connectivity index (χ1) is 20.1. The van der Waals surface area contributed by atoms with Gasteiger partial charge in [0.25, 0.3) is 0 Å². The summed E-state index contributed by atoms with van der Waals surface area (Å²) in [5, 5.41) is 8.98. The molecule has 11 nitrogen and oxygen atoms in total. The third-order valence-corrected chi connectivity index (χ3v) is 6.31. The van der Waals surface area contributed by atoms with E-state index in [4.69, 9.17) is 14.2 Å². The lowest BCUT2D eigenvalue weighted by Crippen LogP contribution is -2.52. The molecule has 1 heterocycles. The number of hydrogen-bond acceptors (Lipinski definition) is 7. The van der Waals surface area contributed by atoms with Crippen molar-refractivity contribution in [2.75, 3.05) is 13.7 Å². The number of aromatic amines is 1. The number of carbonyl (C=O) groups is 4. The molecule has 11 heteroatoms. The summed E-state index contributed by atoms with van der Waals surface area (Å²) in [6, 6.07) is 14.8. The highest BCUT2D eigenvalue weighted by molar-refractivity contribution is 5.91. The minimum atomic E-state index is -1.03. The Morgan fingerprint density at radius 1 is 0.881 bits per heavy atom. The van der Waals surface area contributed by atoms with Gasteiger partial charge in [0.15, 0.2) is 0 Å². The smallest absolute Gasteiger partial charge is 0.408 e. The number of amides is 3. The van der Waals surface area contributed by atoms with Crippen LogP contribution in [0.4, 0.5) is 9.59 Å². The van der Waals surface area contributed by atoms with E-state index < -0.39 is 41.7 Å². The number of esters is 1. The van der Waals surface area contributed by atoms with Crippen molar-refractivity contribution >= 4 is 35.0 Å². The van der Waals surface area contributed by atoms with Gasteiger partial charge in [0.05, 0.1) is 7.11 Å². The molecule has 0 aliphatic heterocycles. The van der Waals surface area contributed by atoms with Gasteiger partial charge in [-0.1, -0.05) is 48.5 Å². The van der Waals surface area contributed by atoms with Crippen molar-refractivity contribution in [1.29, 1.82) is 0 Å². The van der Waals surface area contributed by atoms with Crippen LogP contribution in [0.1, 0.15) is 51.2 Å². The third kappa shape index (κ3) is 10.5. The molecule has 0 fully saturated rings. The van der Waals surface area contributed by atoms with E-state index in [2.05, 4.69) is 20.9 Å².